The second-order valence-corrected chi connectivity index (χ2v) is 3.75. The minimum absolute atomic E-state index is 0.988. The van der Waals surface area contributed by atoms with E-state index >= 15 is 0 Å². The van der Waals surface area contributed by atoms with Crippen LogP contribution < -0.4 is 5.32 Å². The normalized spacial score (nSPS) is 27.5. The summed E-state index contributed by atoms with van der Waals surface area (Å²) in [6.45, 7) is 3.13. The number of hydrogen-bond acceptors (Lipinski definition) is 5. The molecule has 0 aliphatic carbocycles. The fourth-order valence-corrected chi connectivity index (χ4v) is 2.42. The molecule has 0 aromatic rings. The predicted octanol–water partition coefficient (Wildman–Crippen LogP) is 0.314. The van der Waals surface area contributed by atoms with Gasteiger partial charge in [0.15, 0.2) is 0 Å². The zero-order valence-corrected chi connectivity index (χ0v) is 7.42. The van der Waals surface area contributed by atoms with Gasteiger partial charge in [0.05, 0.1) is 5.70 Å². The first-order valence-corrected chi connectivity index (χ1v) is 4.89. The largest absolute Gasteiger partial charge is 0.309 e. The number of fused-ring (bicyclic) bond motifs is 3. The Morgan fingerprint density at radius 1 is 1.50 bits per heavy atom. The van der Waals surface area contributed by atoms with Crippen LogP contribution in [0.25, 0.3) is 0 Å². The van der Waals surface area contributed by atoms with Crippen LogP contribution in [0.15, 0.2) is 23.5 Å². The smallest absolute Gasteiger partial charge is 0.0641 e. The maximum Gasteiger partial charge on any atom is 0.0641 e. The van der Waals surface area contributed by atoms with E-state index in [0.29, 0.717) is 0 Å². The Bertz CT molecular complexity index is 262. The maximum atomic E-state index is 3.35. The van der Waals surface area contributed by atoms with E-state index in [1.54, 1.807) is 11.9 Å². The van der Waals surface area contributed by atoms with Crippen LogP contribution in [0.4, 0.5) is 0 Å². The lowest BCUT2D eigenvalue weighted by atomic mass is 10.3. The molecule has 0 saturated carbocycles. The van der Waals surface area contributed by atoms with Gasteiger partial charge in [0.2, 0.25) is 0 Å². The lowest BCUT2D eigenvalue weighted by molar-refractivity contribution is 0.0174. The van der Waals surface area contributed by atoms with Gasteiger partial charge in [-0.1, -0.05) is 4.52 Å². The summed E-state index contributed by atoms with van der Waals surface area (Å²) in [5.41, 5.74) is 1.36. The summed E-state index contributed by atoms with van der Waals surface area (Å²) < 4.78 is 2.18. The van der Waals surface area contributed by atoms with E-state index in [0.717, 1.165) is 19.6 Å². The van der Waals surface area contributed by atoms with Gasteiger partial charge >= 0.3 is 0 Å². The lowest BCUT2D eigenvalue weighted by Gasteiger charge is -2.33. The first-order valence-electron chi connectivity index (χ1n) is 4.06. The zero-order valence-electron chi connectivity index (χ0n) is 6.60. The van der Waals surface area contributed by atoms with Crippen molar-refractivity contribution in [3.05, 3.63) is 23.5 Å². The third-order valence-electron chi connectivity index (χ3n) is 2.19. The number of nitrogens with one attached hydrogen (secondary N) is 1. The molecule has 1 fully saturated rings. The van der Waals surface area contributed by atoms with Crippen LogP contribution in [0.1, 0.15) is 0 Å². The molecule has 0 spiro atoms. The van der Waals surface area contributed by atoms with E-state index in [2.05, 4.69) is 37.7 Å². The van der Waals surface area contributed by atoms with E-state index in [-0.39, 0.29) is 0 Å². The summed E-state index contributed by atoms with van der Waals surface area (Å²) in [6, 6.07) is 0. The van der Waals surface area contributed by atoms with Crippen LogP contribution in [0.3, 0.4) is 0 Å². The van der Waals surface area contributed by atoms with Crippen LogP contribution in [-0.2, 0) is 0 Å². The summed E-state index contributed by atoms with van der Waals surface area (Å²) in [7, 11) is 0. The number of piperazine rings is 1. The van der Waals surface area contributed by atoms with Gasteiger partial charge in [0, 0.05) is 37.4 Å². The van der Waals surface area contributed by atoms with Gasteiger partial charge in [-0.2, -0.15) is 0 Å². The molecule has 1 N–H and O–H groups in total. The van der Waals surface area contributed by atoms with E-state index in [4.69, 9.17) is 0 Å². The third-order valence-corrected chi connectivity index (χ3v) is 3.01. The van der Waals surface area contributed by atoms with Gasteiger partial charge in [-0.15, -0.1) is 0 Å². The Kier molecular flexibility index (Phi) is 1.37. The molecule has 4 nitrogen and oxygen atoms in total. The highest BCUT2D eigenvalue weighted by Gasteiger charge is 2.32. The van der Waals surface area contributed by atoms with E-state index in [1.165, 1.54) is 5.70 Å². The monoisotopic (exact) mass is 182 g/mol. The summed E-state index contributed by atoms with van der Waals surface area (Å²) in [5, 5.41) is 9.87. The molecule has 0 bridgehead atoms. The first-order chi connectivity index (χ1) is 5.95. The van der Waals surface area contributed by atoms with E-state index < -0.39 is 0 Å². The van der Waals surface area contributed by atoms with Crippen molar-refractivity contribution in [3.8, 4) is 0 Å². The second kappa shape index (κ2) is 2.42. The summed E-state index contributed by atoms with van der Waals surface area (Å²) >= 11 is 1.72. The van der Waals surface area contributed by atoms with Crippen LogP contribution in [0, 0.1) is 0 Å². The third kappa shape index (κ3) is 0.811. The van der Waals surface area contributed by atoms with Crippen molar-refractivity contribution in [3.63, 3.8) is 0 Å². The molecule has 3 rings (SSSR count). The Balaban J connectivity index is 1.91. The molecule has 0 aromatic heterocycles. The lowest BCUT2D eigenvalue weighted by Crippen LogP contribution is -2.45. The molecular weight excluding hydrogens is 172 g/mol. The molecule has 3 heterocycles. The van der Waals surface area contributed by atoms with Gasteiger partial charge in [-0.05, 0) is 11.9 Å². The molecule has 3 aliphatic rings. The number of rotatable bonds is 0. The average Bonchev–Trinajstić information content (AvgIpc) is 2.62. The number of hydrogen-bond donors (Lipinski definition) is 1. The Hall–Kier alpha value is -0.650. The average molecular weight is 182 g/mol. The molecule has 0 unspecified atom stereocenters. The van der Waals surface area contributed by atoms with Crippen molar-refractivity contribution in [2.45, 2.75) is 0 Å². The molecule has 64 valence electrons. The molecule has 0 radical (unpaired) electrons. The molecule has 3 aliphatic heterocycles. The highest BCUT2D eigenvalue weighted by atomic mass is 32.2. The summed E-state index contributed by atoms with van der Waals surface area (Å²) in [4.78, 5) is 0. The minimum atomic E-state index is 0.988. The van der Waals surface area contributed by atoms with Crippen molar-refractivity contribution in [2.75, 3.05) is 19.6 Å². The quantitative estimate of drug-likeness (QED) is 0.543. The topological polar surface area (TPSA) is 21.8 Å². The summed E-state index contributed by atoms with van der Waals surface area (Å²) in [6.07, 6.45) is 4.25. The van der Waals surface area contributed by atoms with Gasteiger partial charge in [0.25, 0.3) is 0 Å². The highest BCUT2D eigenvalue weighted by Crippen LogP contribution is 2.34. The fourth-order valence-electron chi connectivity index (χ4n) is 1.63. The molecule has 0 aromatic carbocycles. The van der Waals surface area contributed by atoms with Crippen LogP contribution >= 0.6 is 11.9 Å². The molecular formula is C7H10N4S. The maximum absolute atomic E-state index is 3.35. The van der Waals surface area contributed by atoms with Crippen molar-refractivity contribution in [2.24, 2.45) is 0 Å². The van der Waals surface area contributed by atoms with Crippen molar-refractivity contribution >= 4 is 11.9 Å². The molecule has 0 atom stereocenters. The fraction of sp³-hybridized carbons (Fsp3) is 0.429. The first kappa shape index (κ1) is 6.82. The Morgan fingerprint density at radius 2 is 2.50 bits per heavy atom. The number of nitrogens with zero attached hydrogens (tertiary/aromatic N) is 3. The molecule has 5 heteroatoms. The van der Waals surface area contributed by atoms with Gasteiger partial charge in [0.1, 0.15) is 0 Å². The van der Waals surface area contributed by atoms with Crippen molar-refractivity contribution in [1.82, 2.24) is 19.9 Å². The van der Waals surface area contributed by atoms with Gasteiger partial charge in [-0.25, -0.2) is 0 Å². The zero-order chi connectivity index (χ0) is 7.97. The SMILES string of the molecule is C1=CN2C=C3CNCCN3N2S1. The number of hydrazine groups is 2. The van der Waals surface area contributed by atoms with Crippen LogP contribution in [0.5, 0.6) is 0 Å². The molecule has 1 saturated heterocycles. The van der Waals surface area contributed by atoms with Gasteiger partial charge in [-0.3, -0.25) is 10.0 Å². The second-order valence-electron chi connectivity index (χ2n) is 2.94. The highest BCUT2D eigenvalue weighted by molar-refractivity contribution is 8.00. The van der Waals surface area contributed by atoms with Crippen LogP contribution in [0.2, 0.25) is 0 Å². The van der Waals surface area contributed by atoms with Gasteiger partial charge < -0.3 is 5.32 Å². The standard InChI is InChI=1S/C7H10N4S/c1-2-10-7(5-8-1)6-9-3-4-12-11(9)10/h3-4,6,8H,1-2,5H2. The Labute approximate surface area is 75.6 Å². The molecule has 0 amide bonds. The minimum Gasteiger partial charge on any atom is -0.309 e. The van der Waals surface area contributed by atoms with E-state index in [1.807, 2.05) is 0 Å². The predicted molar refractivity (Wildman–Crippen MR) is 48.1 cm³/mol. The van der Waals surface area contributed by atoms with Crippen LogP contribution in [-0.4, -0.2) is 34.2 Å². The molecule has 12 heavy (non-hydrogen) atoms. The summed E-state index contributed by atoms with van der Waals surface area (Å²) in [5.74, 6) is 0. The van der Waals surface area contributed by atoms with Crippen molar-refractivity contribution in [1.29, 1.82) is 0 Å². The van der Waals surface area contributed by atoms with Crippen molar-refractivity contribution < 1.29 is 0 Å². The Morgan fingerprint density at radius 3 is 3.50 bits per heavy atom. The van der Waals surface area contributed by atoms with E-state index in [9.17, 15) is 0 Å².